The molecule has 1 nitrogen and oxygen atoms in total. The predicted octanol–water partition coefficient (Wildman–Crippen LogP) is 3.46. The largest absolute Gasteiger partial charge is 0.496 e. The van der Waals surface area contributed by atoms with Crippen LogP contribution in [0.1, 0.15) is 12.5 Å². The van der Waals surface area contributed by atoms with Crippen LogP contribution in [0.3, 0.4) is 0 Å². The van der Waals surface area contributed by atoms with E-state index in [2.05, 4.69) is 0 Å². The van der Waals surface area contributed by atoms with Crippen molar-refractivity contribution in [1.29, 1.82) is 0 Å². The minimum absolute atomic E-state index is 0.150. The van der Waals surface area contributed by atoms with E-state index in [1.165, 1.54) is 25.3 Å². The number of alkyl halides is 2. The van der Waals surface area contributed by atoms with Gasteiger partial charge in [-0.1, -0.05) is 11.6 Å². The molecular formula is C9H9ClF2O. The lowest BCUT2D eigenvalue weighted by molar-refractivity contribution is 0.0151. The molecule has 0 unspecified atom stereocenters. The molecule has 0 aliphatic carbocycles. The summed E-state index contributed by atoms with van der Waals surface area (Å²) in [5, 5.41) is 0.275. The van der Waals surface area contributed by atoms with Crippen molar-refractivity contribution >= 4 is 11.6 Å². The van der Waals surface area contributed by atoms with Crippen molar-refractivity contribution in [3.05, 3.63) is 28.8 Å². The van der Waals surface area contributed by atoms with Gasteiger partial charge >= 0.3 is 0 Å². The Bertz CT molecular complexity index is 307. The Morgan fingerprint density at radius 2 is 2.00 bits per heavy atom. The van der Waals surface area contributed by atoms with Crippen LogP contribution in [0.4, 0.5) is 8.78 Å². The molecular weight excluding hydrogens is 198 g/mol. The lowest BCUT2D eigenvalue weighted by atomic mass is 10.1. The van der Waals surface area contributed by atoms with E-state index >= 15 is 0 Å². The van der Waals surface area contributed by atoms with Crippen LogP contribution in [0.5, 0.6) is 5.75 Å². The van der Waals surface area contributed by atoms with Gasteiger partial charge in [-0.2, -0.15) is 0 Å². The first-order chi connectivity index (χ1) is 5.95. The zero-order valence-electron chi connectivity index (χ0n) is 7.27. The van der Waals surface area contributed by atoms with Gasteiger partial charge in [-0.05, 0) is 18.2 Å². The van der Waals surface area contributed by atoms with E-state index in [-0.39, 0.29) is 16.3 Å². The summed E-state index contributed by atoms with van der Waals surface area (Å²) in [6.07, 6.45) is 0. The van der Waals surface area contributed by atoms with E-state index < -0.39 is 5.92 Å². The van der Waals surface area contributed by atoms with Gasteiger partial charge in [0.1, 0.15) is 5.75 Å². The second kappa shape index (κ2) is 3.50. The van der Waals surface area contributed by atoms with E-state index in [0.29, 0.717) is 0 Å². The summed E-state index contributed by atoms with van der Waals surface area (Å²) in [5.74, 6) is -2.78. The molecule has 0 bridgehead atoms. The smallest absolute Gasteiger partial charge is 0.274 e. The first-order valence-electron chi connectivity index (χ1n) is 3.67. The Labute approximate surface area is 80.3 Å². The second-order valence-electron chi connectivity index (χ2n) is 2.73. The lowest BCUT2D eigenvalue weighted by Gasteiger charge is -2.14. The Morgan fingerprint density at radius 3 is 2.46 bits per heavy atom. The summed E-state index contributed by atoms with van der Waals surface area (Å²) in [6.45, 7) is 0.807. The third-order valence-electron chi connectivity index (χ3n) is 1.63. The first-order valence-corrected chi connectivity index (χ1v) is 4.05. The van der Waals surface area contributed by atoms with Crippen molar-refractivity contribution in [3.63, 3.8) is 0 Å². The predicted molar refractivity (Wildman–Crippen MR) is 47.6 cm³/mol. The quantitative estimate of drug-likeness (QED) is 0.720. The van der Waals surface area contributed by atoms with E-state index in [4.69, 9.17) is 16.3 Å². The minimum Gasteiger partial charge on any atom is -0.496 e. The summed E-state index contributed by atoms with van der Waals surface area (Å²) < 4.78 is 30.7. The maximum atomic E-state index is 12.9. The van der Waals surface area contributed by atoms with Gasteiger partial charge in [0.05, 0.1) is 12.7 Å². The van der Waals surface area contributed by atoms with Crippen LogP contribution in [-0.4, -0.2) is 7.11 Å². The van der Waals surface area contributed by atoms with Gasteiger partial charge in [-0.15, -0.1) is 0 Å². The fraction of sp³-hybridized carbons (Fsp3) is 0.333. The molecule has 1 rings (SSSR count). The topological polar surface area (TPSA) is 9.23 Å². The molecule has 0 aliphatic heterocycles. The molecule has 1 aromatic rings. The number of ether oxygens (including phenoxy) is 1. The Hall–Kier alpha value is -0.830. The molecule has 0 atom stereocenters. The van der Waals surface area contributed by atoms with Gasteiger partial charge in [0.25, 0.3) is 5.92 Å². The van der Waals surface area contributed by atoms with Crippen LogP contribution in [0.15, 0.2) is 18.2 Å². The fourth-order valence-corrected chi connectivity index (χ4v) is 1.20. The van der Waals surface area contributed by atoms with Gasteiger partial charge in [-0.25, -0.2) is 8.78 Å². The van der Waals surface area contributed by atoms with Gasteiger partial charge in [0.2, 0.25) is 0 Å². The van der Waals surface area contributed by atoms with Gasteiger partial charge in [0.15, 0.2) is 0 Å². The third kappa shape index (κ3) is 2.31. The second-order valence-corrected chi connectivity index (χ2v) is 3.17. The summed E-state index contributed by atoms with van der Waals surface area (Å²) in [6, 6.07) is 4.14. The number of methoxy groups -OCH3 is 1. The Morgan fingerprint density at radius 1 is 1.38 bits per heavy atom. The molecule has 13 heavy (non-hydrogen) atoms. The molecule has 0 amide bonds. The van der Waals surface area contributed by atoms with E-state index in [9.17, 15) is 8.78 Å². The van der Waals surface area contributed by atoms with Gasteiger partial charge < -0.3 is 4.74 Å². The highest BCUT2D eigenvalue weighted by molar-refractivity contribution is 6.30. The number of benzene rings is 1. The molecule has 0 saturated carbocycles. The molecule has 0 fully saturated rings. The highest BCUT2D eigenvalue weighted by atomic mass is 35.5. The van der Waals surface area contributed by atoms with Crippen molar-refractivity contribution in [3.8, 4) is 5.75 Å². The number of rotatable bonds is 2. The van der Waals surface area contributed by atoms with E-state index in [1.807, 2.05) is 0 Å². The lowest BCUT2D eigenvalue weighted by Crippen LogP contribution is -2.08. The SMILES string of the molecule is COc1ccc(Cl)cc1C(C)(F)F. The number of hydrogen-bond acceptors (Lipinski definition) is 1. The van der Waals surface area contributed by atoms with Crippen molar-refractivity contribution in [2.45, 2.75) is 12.8 Å². The molecule has 0 heterocycles. The Balaban J connectivity index is 3.24. The summed E-state index contributed by atoms with van der Waals surface area (Å²) in [4.78, 5) is 0. The maximum absolute atomic E-state index is 12.9. The van der Waals surface area contributed by atoms with Crippen molar-refractivity contribution in [1.82, 2.24) is 0 Å². The summed E-state index contributed by atoms with van der Waals surface area (Å²) >= 11 is 5.59. The van der Waals surface area contributed by atoms with E-state index in [0.717, 1.165) is 6.92 Å². The monoisotopic (exact) mass is 206 g/mol. The molecule has 0 spiro atoms. The normalized spacial score (nSPS) is 11.5. The summed E-state index contributed by atoms with van der Waals surface area (Å²) in [7, 11) is 1.35. The van der Waals surface area contributed by atoms with Crippen LogP contribution in [0.2, 0.25) is 5.02 Å². The Kier molecular flexibility index (Phi) is 2.76. The third-order valence-corrected chi connectivity index (χ3v) is 1.87. The molecule has 0 saturated heterocycles. The minimum atomic E-state index is -2.93. The molecule has 0 N–H and O–H groups in total. The molecule has 0 aromatic heterocycles. The van der Waals surface area contributed by atoms with Crippen LogP contribution in [0.25, 0.3) is 0 Å². The zero-order valence-corrected chi connectivity index (χ0v) is 8.03. The molecule has 4 heteroatoms. The standard InChI is InChI=1S/C9H9ClF2O/c1-9(11,12)7-5-6(10)3-4-8(7)13-2/h3-5H,1-2H3. The maximum Gasteiger partial charge on any atom is 0.274 e. The number of hydrogen-bond donors (Lipinski definition) is 0. The average molecular weight is 207 g/mol. The molecule has 72 valence electrons. The zero-order chi connectivity index (χ0) is 10.1. The van der Waals surface area contributed by atoms with Crippen molar-refractivity contribution in [2.75, 3.05) is 7.11 Å². The van der Waals surface area contributed by atoms with Gasteiger partial charge in [-0.3, -0.25) is 0 Å². The van der Waals surface area contributed by atoms with Crippen LogP contribution in [-0.2, 0) is 5.92 Å². The summed E-state index contributed by atoms with van der Waals surface area (Å²) in [5.41, 5.74) is -0.192. The van der Waals surface area contributed by atoms with Crippen molar-refractivity contribution in [2.24, 2.45) is 0 Å². The van der Waals surface area contributed by atoms with Crippen LogP contribution in [0, 0.1) is 0 Å². The van der Waals surface area contributed by atoms with E-state index in [1.54, 1.807) is 0 Å². The first kappa shape index (κ1) is 10.3. The number of halogens is 3. The molecule has 0 aliphatic rings. The van der Waals surface area contributed by atoms with Crippen LogP contribution < -0.4 is 4.74 Å². The van der Waals surface area contributed by atoms with Gasteiger partial charge in [0, 0.05) is 11.9 Å². The fourth-order valence-electron chi connectivity index (χ4n) is 1.02. The van der Waals surface area contributed by atoms with Crippen LogP contribution >= 0.6 is 11.6 Å². The molecule has 0 radical (unpaired) electrons. The van der Waals surface area contributed by atoms with Crippen molar-refractivity contribution < 1.29 is 13.5 Å². The highest BCUT2D eigenvalue weighted by Gasteiger charge is 2.28. The average Bonchev–Trinajstić information content (AvgIpc) is 2.03. The molecule has 1 aromatic carbocycles. The highest BCUT2D eigenvalue weighted by Crippen LogP contribution is 2.35.